The van der Waals surface area contributed by atoms with Crippen molar-refractivity contribution in [3.8, 4) is 0 Å². The molecule has 21 heavy (non-hydrogen) atoms. The Morgan fingerprint density at radius 2 is 1.81 bits per heavy atom. The third-order valence-electron chi connectivity index (χ3n) is 3.71. The Morgan fingerprint density at radius 3 is 2.48 bits per heavy atom. The summed E-state index contributed by atoms with van der Waals surface area (Å²) in [6.45, 7) is 4.65. The average Bonchev–Trinajstić information content (AvgIpc) is 2.52. The van der Waals surface area contributed by atoms with Gasteiger partial charge in [-0.05, 0) is 23.8 Å². The summed E-state index contributed by atoms with van der Waals surface area (Å²) in [5.74, 6) is 0.808. The van der Waals surface area contributed by atoms with Crippen LogP contribution in [-0.4, -0.2) is 41.0 Å². The van der Waals surface area contributed by atoms with Crippen LogP contribution >= 0.6 is 11.6 Å². The molecule has 1 aliphatic heterocycles. The van der Waals surface area contributed by atoms with Gasteiger partial charge in [0, 0.05) is 55.8 Å². The van der Waals surface area contributed by atoms with Crippen LogP contribution in [0.15, 0.2) is 36.7 Å². The van der Waals surface area contributed by atoms with E-state index in [2.05, 4.69) is 19.8 Å². The van der Waals surface area contributed by atoms with E-state index in [0.717, 1.165) is 49.9 Å². The van der Waals surface area contributed by atoms with Crippen molar-refractivity contribution in [2.45, 2.75) is 6.54 Å². The zero-order valence-corrected chi connectivity index (χ0v) is 12.5. The van der Waals surface area contributed by atoms with Gasteiger partial charge < -0.3 is 10.6 Å². The lowest BCUT2D eigenvalue weighted by Crippen LogP contribution is -2.46. The third kappa shape index (κ3) is 3.43. The second-order valence-electron chi connectivity index (χ2n) is 5.16. The smallest absolute Gasteiger partial charge is 0.225 e. The summed E-state index contributed by atoms with van der Waals surface area (Å²) in [5, 5.41) is 0.683. The van der Waals surface area contributed by atoms with Crippen LogP contribution in [0, 0.1) is 0 Å². The summed E-state index contributed by atoms with van der Waals surface area (Å²) in [5.41, 5.74) is 7.90. The van der Waals surface area contributed by atoms with Crippen molar-refractivity contribution in [2.75, 3.05) is 36.8 Å². The molecule has 0 spiro atoms. The number of rotatable bonds is 3. The number of aromatic nitrogens is 2. The number of halogens is 1. The number of benzene rings is 1. The molecule has 1 aromatic heterocycles. The fourth-order valence-electron chi connectivity index (χ4n) is 2.51. The lowest BCUT2D eigenvalue weighted by atomic mass is 10.1. The molecule has 0 unspecified atom stereocenters. The second kappa shape index (κ2) is 6.28. The number of nitrogens with two attached hydrogens (primary N) is 1. The normalized spacial score (nSPS) is 16.1. The molecule has 1 fully saturated rings. The van der Waals surface area contributed by atoms with E-state index in [1.54, 1.807) is 12.4 Å². The Kier molecular flexibility index (Phi) is 4.22. The van der Waals surface area contributed by atoms with Crippen molar-refractivity contribution in [3.05, 3.63) is 47.2 Å². The van der Waals surface area contributed by atoms with Gasteiger partial charge in [0.25, 0.3) is 0 Å². The van der Waals surface area contributed by atoms with Gasteiger partial charge in [0.15, 0.2) is 0 Å². The van der Waals surface area contributed by atoms with Gasteiger partial charge >= 0.3 is 0 Å². The molecule has 110 valence electrons. The van der Waals surface area contributed by atoms with E-state index < -0.39 is 0 Å². The summed E-state index contributed by atoms with van der Waals surface area (Å²) < 4.78 is 0. The minimum atomic E-state index is 0.683. The number of piperazine rings is 1. The molecule has 5 nitrogen and oxygen atoms in total. The van der Waals surface area contributed by atoms with Crippen molar-refractivity contribution >= 4 is 23.2 Å². The van der Waals surface area contributed by atoms with Crippen LogP contribution in [0.3, 0.4) is 0 Å². The lowest BCUT2D eigenvalue weighted by molar-refractivity contribution is 0.249. The van der Waals surface area contributed by atoms with E-state index in [1.165, 1.54) is 0 Å². The Bertz CT molecular complexity index is 596. The third-order valence-corrected chi connectivity index (χ3v) is 3.94. The van der Waals surface area contributed by atoms with E-state index in [0.29, 0.717) is 5.02 Å². The summed E-state index contributed by atoms with van der Waals surface area (Å²) in [6.07, 6.45) is 3.56. The maximum Gasteiger partial charge on any atom is 0.225 e. The summed E-state index contributed by atoms with van der Waals surface area (Å²) in [7, 11) is 0. The molecule has 1 aromatic carbocycles. The first kappa shape index (κ1) is 14.1. The first-order valence-electron chi connectivity index (χ1n) is 7.00. The second-order valence-corrected chi connectivity index (χ2v) is 5.59. The van der Waals surface area contributed by atoms with Crippen molar-refractivity contribution in [2.24, 2.45) is 0 Å². The number of hydrogen-bond donors (Lipinski definition) is 1. The Labute approximate surface area is 129 Å². The van der Waals surface area contributed by atoms with Crippen LogP contribution in [-0.2, 0) is 6.54 Å². The van der Waals surface area contributed by atoms with Crippen LogP contribution in [0.1, 0.15) is 5.56 Å². The molecule has 6 heteroatoms. The van der Waals surface area contributed by atoms with Gasteiger partial charge in [-0.3, -0.25) is 4.90 Å². The molecule has 0 radical (unpaired) electrons. The molecular weight excluding hydrogens is 286 g/mol. The number of hydrogen-bond acceptors (Lipinski definition) is 5. The minimum absolute atomic E-state index is 0.683. The highest BCUT2D eigenvalue weighted by Crippen LogP contribution is 2.20. The van der Waals surface area contributed by atoms with Crippen LogP contribution in [0.4, 0.5) is 11.6 Å². The highest BCUT2D eigenvalue weighted by molar-refractivity contribution is 6.30. The highest BCUT2D eigenvalue weighted by atomic mass is 35.5. The summed E-state index contributed by atoms with van der Waals surface area (Å²) in [4.78, 5) is 13.2. The summed E-state index contributed by atoms with van der Waals surface area (Å²) in [6, 6.07) is 7.54. The molecule has 0 amide bonds. The molecule has 2 aromatic rings. The number of anilines is 2. The number of nitrogens with zero attached hydrogens (tertiary/aromatic N) is 4. The minimum Gasteiger partial charge on any atom is -0.398 e. The fraction of sp³-hybridized carbons (Fsp3) is 0.333. The zero-order chi connectivity index (χ0) is 14.7. The van der Waals surface area contributed by atoms with E-state index in [9.17, 15) is 0 Å². The van der Waals surface area contributed by atoms with Gasteiger partial charge in [0.1, 0.15) is 0 Å². The maximum atomic E-state index is 6.02. The molecule has 2 heterocycles. The SMILES string of the molecule is Nc1cc(Cl)ccc1CN1CCN(c2ncccn2)CC1. The van der Waals surface area contributed by atoms with Crippen LogP contribution in [0.5, 0.6) is 0 Å². The van der Waals surface area contributed by atoms with Gasteiger partial charge in [-0.15, -0.1) is 0 Å². The van der Waals surface area contributed by atoms with Gasteiger partial charge in [0.2, 0.25) is 5.95 Å². The molecule has 2 N–H and O–H groups in total. The fourth-order valence-corrected chi connectivity index (χ4v) is 2.69. The van der Waals surface area contributed by atoms with E-state index in [-0.39, 0.29) is 0 Å². The highest BCUT2D eigenvalue weighted by Gasteiger charge is 2.19. The standard InChI is InChI=1S/C15H18ClN5/c16-13-3-2-12(14(17)10-13)11-20-6-8-21(9-7-20)15-18-4-1-5-19-15/h1-5,10H,6-9,11,17H2. The molecule has 0 bridgehead atoms. The van der Waals surface area contributed by atoms with Gasteiger partial charge in [-0.25, -0.2) is 9.97 Å². The van der Waals surface area contributed by atoms with Gasteiger partial charge in [-0.2, -0.15) is 0 Å². The van der Waals surface area contributed by atoms with Crippen LogP contribution < -0.4 is 10.6 Å². The Hall–Kier alpha value is -1.85. The van der Waals surface area contributed by atoms with E-state index >= 15 is 0 Å². The first-order valence-corrected chi connectivity index (χ1v) is 7.38. The van der Waals surface area contributed by atoms with Crippen LogP contribution in [0.2, 0.25) is 5.02 Å². The maximum absolute atomic E-state index is 6.02. The predicted octanol–water partition coefficient (Wildman–Crippen LogP) is 2.03. The van der Waals surface area contributed by atoms with Crippen LogP contribution in [0.25, 0.3) is 0 Å². The van der Waals surface area contributed by atoms with E-state index in [1.807, 2.05) is 24.3 Å². The molecule has 3 rings (SSSR count). The first-order chi connectivity index (χ1) is 10.2. The van der Waals surface area contributed by atoms with Crippen molar-refractivity contribution in [1.29, 1.82) is 0 Å². The van der Waals surface area contributed by atoms with Crippen molar-refractivity contribution < 1.29 is 0 Å². The zero-order valence-electron chi connectivity index (χ0n) is 11.7. The molecular formula is C15H18ClN5. The van der Waals surface area contributed by atoms with Gasteiger partial charge in [-0.1, -0.05) is 17.7 Å². The van der Waals surface area contributed by atoms with Gasteiger partial charge in [0.05, 0.1) is 0 Å². The lowest BCUT2D eigenvalue weighted by Gasteiger charge is -2.34. The average molecular weight is 304 g/mol. The predicted molar refractivity (Wildman–Crippen MR) is 85.4 cm³/mol. The molecule has 0 saturated carbocycles. The largest absolute Gasteiger partial charge is 0.398 e. The Morgan fingerprint density at radius 1 is 1.10 bits per heavy atom. The quantitative estimate of drug-likeness (QED) is 0.879. The van der Waals surface area contributed by atoms with E-state index in [4.69, 9.17) is 17.3 Å². The molecule has 0 aliphatic carbocycles. The molecule has 1 saturated heterocycles. The summed E-state index contributed by atoms with van der Waals surface area (Å²) >= 11 is 5.93. The van der Waals surface area contributed by atoms with Crippen molar-refractivity contribution in [3.63, 3.8) is 0 Å². The molecule has 1 aliphatic rings. The number of nitrogen functional groups attached to an aromatic ring is 1. The molecule has 0 atom stereocenters. The Balaban J connectivity index is 1.59. The topological polar surface area (TPSA) is 58.3 Å². The van der Waals surface area contributed by atoms with Crippen molar-refractivity contribution in [1.82, 2.24) is 14.9 Å². The monoisotopic (exact) mass is 303 g/mol.